The van der Waals surface area contributed by atoms with Crippen LogP contribution in [0.1, 0.15) is 19.3 Å². The van der Waals surface area contributed by atoms with Crippen LogP contribution in [0.2, 0.25) is 5.28 Å². The molecule has 0 saturated carbocycles. The van der Waals surface area contributed by atoms with Gasteiger partial charge in [-0.15, -0.1) is 0 Å². The molecule has 0 spiro atoms. The molecule has 0 amide bonds. The minimum absolute atomic E-state index is 0.0810. The van der Waals surface area contributed by atoms with E-state index in [2.05, 4.69) is 19.9 Å². The first-order chi connectivity index (χ1) is 8.29. The van der Waals surface area contributed by atoms with E-state index >= 15 is 0 Å². The standard InChI is InChI=1S/C10H15ClN4O2/c11-8-12-9(15-4-2-1-3-5-15)14-10(13-8)17-7-6-16/h16H,1-7H2. The highest BCUT2D eigenvalue weighted by Crippen LogP contribution is 2.19. The van der Waals surface area contributed by atoms with Gasteiger partial charge in [0.05, 0.1) is 6.61 Å². The van der Waals surface area contributed by atoms with Gasteiger partial charge in [0.15, 0.2) is 0 Å². The van der Waals surface area contributed by atoms with Gasteiger partial charge in [-0.05, 0) is 30.9 Å². The fraction of sp³-hybridized carbons (Fsp3) is 0.700. The smallest absolute Gasteiger partial charge is 0.322 e. The van der Waals surface area contributed by atoms with E-state index in [1.165, 1.54) is 6.42 Å². The summed E-state index contributed by atoms with van der Waals surface area (Å²) in [5.41, 5.74) is 0. The van der Waals surface area contributed by atoms with Crippen molar-refractivity contribution < 1.29 is 9.84 Å². The van der Waals surface area contributed by atoms with E-state index in [0.29, 0.717) is 5.95 Å². The van der Waals surface area contributed by atoms with Gasteiger partial charge in [-0.2, -0.15) is 15.0 Å². The summed E-state index contributed by atoms with van der Waals surface area (Å²) >= 11 is 5.82. The van der Waals surface area contributed by atoms with Crippen molar-refractivity contribution in [3.63, 3.8) is 0 Å². The van der Waals surface area contributed by atoms with Gasteiger partial charge in [-0.1, -0.05) is 0 Å². The molecule has 1 aromatic heterocycles. The summed E-state index contributed by atoms with van der Waals surface area (Å²) in [5.74, 6) is 0.553. The summed E-state index contributed by atoms with van der Waals surface area (Å²) in [6, 6.07) is 0.166. The Hall–Kier alpha value is -1.14. The predicted octanol–water partition coefficient (Wildman–Crippen LogP) is 0.886. The zero-order valence-electron chi connectivity index (χ0n) is 9.47. The van der Waals surface area contributed by atoms with Crippen LogP contribution in [0.3, 0.4) is 0 Å². The lowest BCUT2D eigenvalue weighted by atomic mass is 10.1. The van der Waals surface area contributed by atoms with Crippen molar-refractivity contribution in [3.8, 4) is 6.01 Å². The van der Waals surface area contributed by atoms with Crippen molar-refractivity contribution >= 4 is 17.5 Å². The predicted molar refractivity (Wildman–Crippen MR) is 63.5 cm³/mol. The summed E-state index contributed by atoms with van der Waals surface area (Å²) in [7, 11) is 0. The maximum atomic E-state index is 8.68. The van der Waals surface area contributed by atoms with E-state index in [1.807, 2.05) is 0 Å². The number of nitrogens with zero attached hydrogens (tertiary/aromatic N) is 4. The van der Waals surface area contributed by atoms with Gasteiger partial charge in [0.25, 0.3) is 0 Å². The first-order valence-corrected chi connectivity index (χ1v) is 6.07. The van der Waals surface area contributed by atoms with Gasteiger partial charge in [0.1, 0.15) is 6.61 Å². The number of aliphatic hydroxyl groups excluding tert-OH is 1. The van der Waals surface area contributed by atoms with Crippen LogP contribution >= 0.6 is 11.6 Å². The quantitative estimate of drug-likeness (QED) is 0.865. The Morgan fingerprint density at radius 2 is 1.94 bits per heavy atom. The summed E-state index contributed by atoms with van der Waals surface area (Å²) < 4.78 is 5.14. The third-order valence-corrected chi connectivity index (χ3v) is 2.71. The highest BCUT2D eigenvalue weighted by molar-refractivity contribution is 6.28. The number of hydrogen-bond acceptors (Lipinski definition) is 6. The fourth-order valence-electron chi connectivity index (χ4n) is 1.76. The van der Waals surface area contributed by atoms with Crippen LogP contribution in [-0.4, -0.2) is 46.4 Å². The number of piperidine rings is 1. The van der Waals surface area contributed by atoms with E-state index in [4.69, 9.17) is 21.4 Å². The molecule has 94 valence electrons. The molecule has 2 rings (SSSR count). The Balaban J connectivity index is 2.12. The molecule has 1 fully saturated rings. The van der Waals surface area contributed by atoms with Crippen LogP contribution in [0.4, 0.5) is 5.95 Å². The van der Waals surface area contributed by atoms with Gasteiger partial charge >= 0.3 is 6.01 Å². The topological polar surface area (TPSA) is 71.4 Å². The number of anilines is 1. The maximum absolute atomic E-state index is 8.68. The lowest BCUT2D eigenvalue weighted by Gasteiger charge is -2.26. The minimum atomic E-state index is -0.0810. The van der Waals surface area contributed by atoms with Crippen molar-refractivity contribution in [2.75, 3.05) is 31.2 Å². The van der Waals surface area contributed by atoms with E-state index in [-0.39, 0.29) is 24.5 Å². The van der Waals surface area contributed by atoms with Crippen molar-refractivity contribution in [1.29, 1.82) is 0 Å². The third-order valence-electron chi connectivity index (χ3n) is 2.54. The molecule has 0 radical (unpaired) electrons. The highest BCUT2D eigenvalue weighted by Gasteiger charge is 2.16. The lowest BCUT2D eigenvalue weighted by molar-refractivity contribution is 0.191. The lowest BCUT2D eigenvalue weighted by Crippen LogP contribution is -2.31. The van der Waals surface area contributed by atoms with Crippen LogP contribution < -0.4 is 9.64 Å². The summed E-state index contributed by atoms with van der Waals surface area (Å²) in [6.45, 7) is 1.93. The fourth-order valence-corrected chi connectivity index (χ4v) is 1.91. The van der Waals surface area contributed by atoms with E-state index in [0.717, 1.165) is 25.9 Å². The molecule has 0 aliphatic carbocycles. The Labute approximate surface area is 105 Å². The number of ether oxygens (including phenoxy) is 1. The Morgan fingerprint density at radius 3 is 2.65 bits per heavy atom. The van der Waals surface area contributed by atoms with E-state index in [1.54, 1.807) is 0 Å². The second kappa shape index (κ2) is 5.97. The van der Waals surface area contributed by atoms with Crippen molar-refractivity contribution in [1.82, 2.24) is 15.0 Å². The number of rotatable bonds is 4. The van der Waals surface area contributed by atoms with Crippen LogP contribution in [0.15, 0.2) is 0 Å². The van der Waals surface area contributed by atoms with Gasteiger partial charge in [0.2, 0.25) is 11.2 Å². The van der Waals surface area contributed by atoms with Gasteiger partial charge in [0, 0.05) is 13.1 Å². The number of aliphatic hydroxyl groups is 1. The number of aromatic nitrogens is 3. The molecule has 7 heteroatoms. The first kappa shape index (κ1) is 12.3. The molecule has 2 heterocycles. The molecule has 0 bridgehead atoms. The molecular formula is C10H15ClN4O2. The molecular weight excluding hydrogens is 244 g/mol. The number of halogens is 1. The maximum Gasteiger partial charge on any atom is 0.322 e. The van der Waals surface area contributed by atoms with Crippen molar-refractivity contribution in [3.05, 3.63) is 5.28 Å². The van der Waals surface area contributed by atoms with Crippen LogP contribution in [0, 0.1) is 0 Å². The average Bonchev–Trinajstić information content (AvgIpc) is 2.37. The largest absolute Gasteiger partial charge is 0.461 e. The normalized spacial score (nSPS) is 16.0. The monoisotopic (exact) mass is 258 g/mol. The highest BCUT2D eigenvalue weighted by atomic mass is 35.5. The molecule has 1 saturated heterocycles. The molecule has 1 N–H and O–H groups in total. The van der Waals surface area contributed by atoms with Crippen LogP contribution in [-0.2, 0) is 0 Å². The van der Waals surface area contributed by atoms with Crippen LogP contribution in [0.5, 0.6) is 6.01 Å². The first-order valence-electron chi connectivity index (χ1n) is 5.70. The second-order valence-electron chi connectivity index (χ2n) is 3.81. The summed E-state index contributed by atoms with van der Waals surface area (Å²) in [5, 5.41) is 8.79. The molecule has 0 atom stereocenters. The third kappa shape index (κ3) is 3.41. The van der Waals surface area contributed by atoms with Crippen molar-refractivity contribution in [2.24, 2.45) is 0 Å². The van der Waals surface area contributed by atoms with Gasteiger partial charge in [-0.3, -0.25) is 0 Å². The molecule has 1 aromatic rings. The summed E-state index contributed by atoms with van der Waals surface area (Å²) in [4.78, 5) is 14.2. The Morgan fingerprint density at radius 1 is 1.18 bits per heavy atom. The molecule has 0 unspecified atom stereocenters. The molecule has 6 nitrogen and oxygen atoms in total. The molecule has 0 aromatic carbocycles. The zero-order valence-corrected chi connectivity index (χ0v) is 10.2. The van der Waals surface area contributed by atoms with Crippen LogP contribution in [0.25, 0.3) is 0 Å². The average molecular weight is 259 g/mol. The van der Waals surface area contributed by atoms with Crippen molar-refractivity contribution in [2.45, 2.75) is 19.3 Å². The Bertz CT molecular complexity index is 371. The van der Waals surface area contributed by atoms with Gasteiger partial charge < -0.3 is 14.7 Å². The summed E-state index contributed by atoms with van der Waals surface area (Å²) in [6.07, 6.45) is 3.51. The molecule has 1 aliphatic rings. The zero-order chi connectivity index (χ0) is 12.1. The minimum Gasteiger partial charge on any atom is -0.461 e. The van der Waals surface area contributed by atoms with E-state index < -0.39 is 0 Å². The SMILES string of the molecule is OCCOc1nc(Cl)nc(N2CCCCC2)n1. The second-order valence-corrected chi connectivity index (χ2v) is 4.14. The van der Waals surface area contributed by atoms with Gasteiger partial charge in [-0.25, -0.2) is 0 Å². The number of hydrogen-bond donors (Lipinski definition) is 1. The molecule has 17 heavy (non-hydrogen) atoms. The molecule has 1 aliphatic heterocycles. The Kier molecular flexibility index (Phi) is 4.33. The van der Waals surface area contributed by atoms with E-state index in [9.17, 15) is 0 Å².